The zero-order valence-corrected chi connectivity index (χ0v) is 11.6. The lowest BCUT2D eigenvalue weighted by Gasteiger charge is -2.32. The van der Waals surface area contributed by atoms with Crippen molar-refractivity contribution in [1.29, 1.82) is 0 Å². The highest BCUT2D eigenvalue weighted by molar-refractivity contribution is 5.61. The van der Waals surface area contributed by atoms with Gasteiger partial charge < -0.3 is 10.1 Å². The lowest BCUT2D eigenvalue weighted by molar-refractivity contribution is 0.0606. The van der Waals surface area contributed by atoms with Crippen LogP contribution < -0.4 is 5.32 Å². The van der Waals surface area contributed by atoms with Crippen LogP contribution >= 0.6 is 0 Å². The maximum absolute atomic E-state index is 5.60. The Bertz CT molecular complexity index is 542. The molecule has 6 heteroatoms. The van der Waals surface area contributed by atoms with Gasteiger partial charge in [0.2, 0.25) is 0 Å². The number of rotatable bonds is 4. The molecule has 1 aliphatic carbocycles. The summed E-state index contributed by atoms with van der Waals surface area (Å²) < 4.78 is 7.27. The lowest BCUT2D eigenvalue weighted by atomic mass is 9.92. The summed E-state index contributed by atoms with van der Waals surface area (Å²) in [6.07, 6.45) is 6.60. The summed E-state index contributed by atoms with van der Waals surface area (Å²) in [6, 6.07) is 8.39. The number of methoxy groups -OCH3 is 1. The standard InChI is InChI=1S/C14H19N5O/c1-20-14-9-5-3-7-12(14)16-11-6-2-4-8-13(11)19-10-15-17-18-19/h2,4,6,8,10,12,14,16H,3,5,7,9H2,1H3. The van der Waals surface area contributed by atoms with Crippen LogP contribution in [-0.2, 0) is 4.74 Å². The van der Waals surface area contributed by atoms with E-state index in [-0.39, 0.29) is 6.10 Å². The number of para-hydroxylation sites is 2. The molecule has 1 aliphatic rings. The van der Waals surface area contributed by atoms with E-state index in [1.165, 1.54) is 12.8 Å². The second-order valence-electron chi connectivity index (χ2n) is 5.08. The van der Waals surface area contributed by atoms with Crippen molar-refractivity contribution < 1.29 is 4.74 Å². The predicted molar refractivity (Wildman–Crippen MR) is 75.8 cm³/mol. The Kier molecular flexibility index (Phi) is 3.92. The first kappa shape index (κ1) is 13.1. The van der Waals surface area contributed by atoms with E-state index in [4.69, 9.17) is 4.74 Å². The quantitative estimate of drug-likeness (QED) is 0.923. The monoisotopic (exact) mass is 273 g/mol. The van der Waals surface area contributed by atoms with E-state index in [9.17, 15) is 0 Å². The summed E-state index contributed by atoms with van der Waals surface area (Å²) in [5.74, 6) is 0. The van der Waals surface area contributed by atoms with Gasteiger partial charge in [-0.15, -0.1) is 5.10 Å². The number of hydrogen-bond donors (Lipinski definition) is 1. The Balaban J connectivity index is 1.83. The van der Waals surface area contributed by atoms with Crippen molar-refractivity contribution >= 4 is 5.69 Å². The first-order chi connectivity index (χ1) is 9.88. The Labute approximate surface area is 118 Å². The molecule has 0 bridgehead atoms. The fraction of sp³-hybridized carbons (Fsp3) is 0.500. The summed E-state index contributed by atoms with van der Waals surface area (Å²) in [4.78, 5) is 0. The molecule has 6 nitrogen and oxygen atoms in total. The number of benzene rings is 1. The van der Waals surface area contributed by atoms with Gasteiger partial charge >= 0.3 is 0 Å². The molecule has 0 spiro atoms. The summed E-state index contributed by atoms with van der Waals surface area (Å²) in [6.45, 7) is 0. The number of aromatic nitrogens is 4. The van der Waals surface area contributed by atoms with Crippen LogP contribution in [0.15, 0.2) is 30.6 Å². The zero-order chi connectivity index (χ0) is 13.8. The first-order valence-electron chi connectivity index (χ1n) is 7.00. The molecule has 2 aromatic rings. The summed E-state index contributed by atoms with van der Waals surface area (Å²) in [5, 5.41) is 15.0. The van der Waals surface area contributed by atoms with Crippen LogP contribution in [0.5, 0.6) is 0 Å². The first-order valence-corrected chi connectivity index (χ1v) is 7.00. The fourth-order valence-electron chi connectivity index (χ4n) is 2.81. The van der Waals surface area contributed by atoms with Crippen molar-refractivity contribution in [1.82, 2.24) is 20.2 Å². The van der Waals surface area contributed by atoms with E-state index in [1.807, 2.05) is 18.2 Å². The van der Waals surface area contributed by atoms with Crippen LogP contribution in [-0.4, -0.2) is 39.5 Å². The van der Waals surface area contributed by atoms with Gasteiger partial charge in [0.25, 0.3) is 0 Å². The van der Waals surface area contributed by atoms with Crippen molar-refractivity contribution in [2.24, 2.45) is 0 Å². The minimum Gasteiger partial charge on any atom is -0.379 e. The molecular weight excluding hydrogens is 254 g/mol. The third kappa shape index (κ3) is 2.65. The van der Waals surface area contributed by atoms with Crippen molar-refractivity contribution in [2.45, 2.75) is 37.8 Å². The number of hydrogen-bond acceptors (Lipinski definition) is 5. The molecule has 3 rings (SSSR count). The molecule has 1 heterocycles. The van der Waals surface area contributed by atoms with Gasteiger partial charge in [0, 0.05) is 7.11 Å². The Morgan fingerprint density at radius 1 is 1.25 bits per heavy atom. The number of tetrazole rings is 1. The van der Waals surface area contributed by atoms with Gasteiger partial charge in [0.15, 0.2) is 0 Å². The highest BCUT2D eigenvalue weighted by Gasteiger charge is 2.25. The third-order valence-electron chi connectivity index (χ3n) is 3.85. The lowest BCUT2D eigenvalue weighted by Crippen LogP contribution is -2.38. The second kappa shape index (κ2) is 6.00. The van der Waals surface area contributed by atoms with Crippen LogP contribution in [0, 0.1) is 0 Å². The van der Waals surface area contributed by atoms with E-state index < -0.39 is 0 Å². The molecule has 1 N–H and O–H groups in total. The number of nitrogens with zero attached hydrogens (tertiary/aromatic N) is 4. The molecular formula is C14H19N5O. The van der Waals surface area contributed by atoms with Gasteiger partial charge in [-0.1, -0.05) is 25.0 Å². The van der Waals surface area contributed by atoms with Crippen molar-refractivity contribution in [2.75, 3.05) is 12.4 Å². The number of nitrogens with one attached hydrogen (secondary N) is 1. The average Bonchev–Trinajstić information content (AvgIpc) is 3.02. The minimum absolute atomic E-state index is 0.269. The molecule has 2 unspecified atom stereocenters. The van der Waals surface area contributed by atoms with E-state index in [2.05, 4.69) is 26.9 Å². The van der Waals surface area contributed by atoms with Crippen molar-refractivity contribution in [3.05, 3.63) is 30.6 Å². The smallest absolute Gasteiger partial charge is 0.143 e. The van der Waals surface area contributed by atoms with Crippen LogP contribution in [0.4, 0.5) is 5.69 Å². The highest BCUT2D eigenvalue weighted by Crippen LogP contribution is 2.26. The molecule has 20 heavy (non-hydrogen) atoms. The van der Waals surface area contributed by atoms with Crippen LogP contribution in [0.1, 0.15) is 25.7 Å². The minimum atomic E-state index is 0.269. The number of ether oxygens (including phenoxy) is 1. The molecule has 1 aromatic heterocycles. The largest absolute Gasteiger partial charge is 0.379 e. The van der Waals surface area contributed by atoms with Gasteiger partial charge in [-0.2, -0.15) is 4.68 Å². The Morgan fingerprint density at radius 2 is 2.10 bits per heavy atom. The maximum Gasteiger partial charge on any atom is 0.143 e. The van der Waals surface area contributed by atoms with E-state index in [1.54, 1.807) is 18.1 Å². The van der Waals surface area contributed by atoms with Crippen molar-refractivity contribution in [3.8, 4) is 5.69 Å². The Hall–Kier alpha value is -1.95. The molecule has 0 saturated heterocycles. The average molecular weight is 273 g/mol. The molecule has 1 saturated carbocycles. The molecule has 1 aromatic carbocycles. The summed E-state index contributed by atoms with van der Waals surface area (Å²) >= 11 is 0. The van der Waals surface area contributed by atoms with Crippen LogP contribution in [0.3, 0.4) is 0 Å². The van der Waals surface area contributed by atoms with Crippen LogP contribution in [0.25, 0.3) is 5.69 Å². The van der Waals surface area contributed by atoms with Crippen LogP contribution in [0.2, 0.25) is 0 Å². The molecule has 0 amide bonds. The Morgan fingerprint density at radius 3 is 2.90 bits per heavy atom. The van der Waals surface area contributed by atoms with E-state index in [0.717, 1.165) is 24.2 Å². The maximum atomic E-state index is 5.60. The van der Waals surface area contributed by atoms with Gasteiger partial charge in [-0.05, 0) is 35.4 Å². The normalized spacial score (nSPS) is 22.6. The topological polar surface area (TPSA) is 64.9 Å². The van der Waals surface area contributed by atoms with Gasteiger partial charge in [0.05, 0.1) is 23.5 Å². The van der Waals surface area contributed by atoms with Gasteiger partial charge in [0.1, 0.15) is 6.33 Å². The highest BCUT2D eigenvalue weighted by atomic mass is 16.5. The predicted octanol–water partition coefficient (Wildman–Crippen LogP) is 2.03. The third-order valence-corrected chi connectivity index (χ3v) is 3.85. The van der Waals surface area contributed by atoms with E-state index in [0.29, 0.717) is 6.04 Å². The second-order valence-corrected chi connectivity index (χ2v) is 5.08. The van der Waals surface area contributed by atoms with Crippen molar-refractivity contribution in [3.63, 3.8) is 0 Å². The SMILES string of the molecule is COC1CCCCC1Nc1ccccc1-n1cnnn1. The molecule has 106 valence electrons. The summed E-state index contributed by atoms with van der Waals surface area (Å²) in [7, 11) is 1.79. The van der Waals surface area contributed by atoms with Gasteiger partial charge in [-0.25, -0.2) is 0 Å². The molecule has 1 fully saturated rings. The fourth-order valence-corrected chi connectivity index (χ4v) is 2.81. The zero-order valence-electron chi connectivity index (χ0n) is 11.6. The molecule has 2 atom stereocenters. The number of anilines is 1. The molecule has 0 radical (unpaired) electrons. The van der Waals surface area contributed by atoms with E-state index >= 15 is 0 Å². The van der Waals surface area contributed by atoms with Gasteiger partial charge in [-0.3, -0.25) is 0 Å². The summed E-state index contributed by atoms with van der Waals surface area (Å²) in [5.41, 5.74) is 1.99. The molecule has 0 aliphatic heterocycles.